The molecule has 2 aromatic heterocycles. The van der Waals surface area contributed by atoms with Gasteiger partial charge in [-0.25, -0.2) is 0 Å². The number of nitrogens with one attached hydrogen (secondary N) is 1. The van der Waals surface area contributed by atoms with Crippen LogP contribution in [0.2, 0.25) is 0 Å². The van der Waals surface area contributed by atoms with E-state index in [4.69, 9.17) is 4.98 Å². The lowest BCUT2D eigenvalue weighted by atomic mass is 9.91. The minimum Gasteiger partial charge on any atom is -0.360 e. The molecule has 0 saturated carbocycles. The number of fused-ring (bicyclic) bond motifs is 7. The molecule has 0 saturated heterocycles. The number of hydrogen-bond acceptors (Lipinski definition) is 4. The number of nitrogens with zero attached hydrogens (tertiary/aromatic N) is 3. The highest BCUT2D eigenvalue weighted by atomic mass is 15.3. The Morgan fingerprint density at radius 3 is 2.05 bits per heavy atom. The van der Waals surface area contributed by atoms with E-state index in [0.29, 0.717) is 0 Å². The Hall–Kier alpha value is -5.74. The molecule has 7 aromatic rings. The van der Waals surface area contributed by atoms with Crippen LogP contribution < -0.4 is 10.2 Å². The molecule has 202 valence electrons. The molecule has 0 aliphatic carbocycles. The van der Waals surface area contributed by atoms with Crippen molar-refractivity contribution in [2.24, 2.45) is 0 Å². The number of anilines is 2. The lowest BCUT2D eigenvalue weighted by Gasteiger charge is -2.22. The van der Waals surface area contributed by atoms with Gasteiger partial charge in [0.1, 0.15) is 6.17 Å². The molecule has 1 unspecified atom stereocenters. The molecule has 1 N–H and O–H groups in total. The zero-order valence-corrected chi connectivity index (χ0v) is 23.3. The molecule has 5 aromatic carbocycles. The number of aromatic nitrogens is 2. The molecule has 0 spiro atoms. The normalized spacial score (nSPS) is 15.2. The van der Waals surface area contributed by atoms with Gasteiger partial charge in [-0.3, -0.25) is 9.97 Å². The summed E-state index contributed by atoms with van der Waals surface area (Å²) in [6, 6.07) is 39.4. The summed E-state index contributed by atoms with van der Waals surface area (Å²) < 4.78 is 0. The summed E-state index contributed by atoms with van der Waals surface area (Å²) in [5, 5.41) is 8.36. The van der Waals surface area contributed by atoms with Crippen molar-refractivity contribution in [3.8, 4) is 33.4 Å². The Bertz CT molecular complexity index is 2280. The maximum atomic E-state index is 4.69. The smallest absolute Gasteiger partial charge is 0.123 e. The summed E-state index contributed by atoms with van der Waals surface area (Å²) >= 11 is 0. The van der Waals surface area contributed by atoms with E-state index in [1.165, 1.54) is 49.8 Å². The van der Waals surface area contributed by atoms with Crippen LogP contribution in [0.3, 0.4) is 0 Å². The Morgan fingerprint density at radius 1 is 0.558 bits per heavy atom. The zero-order valence-electron chi connectivity index (χ0n) is 23.3. The van der Waals surface area contributed by atoms with Crippen LogP contribution in [0.15, 0.2) is 146 Å². The van der Waals surface area contributed by atoms with E-state index >= 15 is 0 Å². The highest BCUT2D eigenvalue weighted by molar-refractivity contribution is 6.10. The van der Waals surface area contributed by atoms with E-state index < -0.39 is 0 Å². The number of benzene rings is 5. The van der Waals surface area contributed by atoms with Gasteiger partial charge >= 0.3 is 0 Å². The van der Waals surface area contributed by atoms with Crippen molar-refractivity contribution in [2.45, 2.75) is 6.17 Å². The van der Waals surface area contributed by atoms with E-state index in [0.717, 1.165) is 27.5 Å². The Kier molecular flexibility index (Phi) is 5.23. The quantitative estimate of drug-likeness (QED) is 0.222. The second-order valence-corrected chi connectivity index (χ2v) is 11.1. The van der Waals surface area contributed by atoms with E-state index in [-0.39, 0.29) is 6.17 Å². The van der Waals surface area contributed by atoms with Crippen LogP contribution in [0.4, 0.5) is 11.4 Å². The fourth-order valence-electron chi connectivity index (χ4n) is 6.70. The van der Waals surface area contributed by atoms with Crippen molar-refractivity contribution in [1.82, 2.24) is 9.97 Å². The maximum absolute atomic E-state index is 4.69. The minimum atomic E-state index is 0.179. The molecule has 0 amide bonds. The van der Waals surface area contributed by atoms with Gasteiger partial charge in [-0.2, -0.15) is 0 Å². The van der Waals surface area contributed by atoms with Crippen molar-refractivity contribution >= 4 is 44.0 Å². The predicted octanol–water partition coefficient (Wildman–Crippen LogP) is 9.58. The van der Waals surface area contributed by atoms with Gasteiger partial charge in [0, 0.05) is 29.4 Å². The molecule has 43 heavy (non-hydrogen) atoms. The zero-order chi connectivity index (χ0) is 28.3. The maximum Gasteiger partial charge on any atom is 0.123 e. The van der Waals surface area contributed by atoms with Crippen molar-refractivity contribution < 1.29 is 0 Å². The summed E-state index contributed by atoms with van der Waals surface area (Å²) in [7, 11) is 0. The van der Waals surface area contributed by atoms with Gasteiger partial charge in [-0.15, -0.1) is 0 Å². The average molecular weight is 551 g/mol. The van der Waals surface area contributed by atoms with Crippen LogP contribution in [0.1, 0.15) is 0 Å². The molecular weight excluding hydrogens is 524 g/mol. The molecule has 4 heteroatoms. The molecular formula is C39H26N4. The van der Waals surface area contributed by atoms with Crippen LogP contribution in [0.25, 0.3) is 66.0 Å². The number of rotatable bonds is 3. The number of pyridine rings is 2. The Morgan fingerprint density at radius 2 is 1.23 bits per heavy atom. The molecule has 0 radical (unpaired) electrons. The van der Waals surface area contributed by atoms with E-state index in [1.807, 2.05) is 24.5 Å². The summed E-state index contributed by atoms with van der Waals surface area (Å²) in [4.78, 5) is 11.6. The van der Waals surface area contributed by atoms with Gasteiger partial charge in [0.15, 0.2) is 0 Å². The van der Waals surface area contributed by atoms with Gasteiger partial charge in [0.05, 0.1) is 22.4 Å². The van der Waals surface area contributed by atoms with E-state index in [9.17, 15) is 0 Å². The van der Waals surface area contributed by atoms with Crippen LogP contribution in [-0.4, -0.2) is 16.1 Å². The van der Waals surface area contributed by atoms with Crippen LogP contribution in [0.5, 0.6) is 0 Å². The van der Waals surface area contributed by atoms with Gasteiger partial charge in [-0.1, -0.05) is 84.9 Å². The lowest BCUT2D eigenvalue weighted by Crippen LogP contribution is -2.30. The monoisotopic (exact) mass is 550 g/mol. The molecule has 9 rings (SSSR count). The van der Waals surface area contributed by atoms with Crippen LogP contribution in [-0.2, 0) is 0 Å². The third-order valence-corrected chi connectivity index (χ3v) is 8.73. The molecule has 0 fully saturated rings. The van der Waals surface area contributed by atoms with Gasteiger partial charge in [0.25, 0.3) is 0 Å². The largest absolute Gasteiger partial charge is 0.360 e. The Balaban J connectivity index is 1.12. The van der Waals surface area contributed by atoms with Crippen LogP contribution >= 0.6 is 0 Å². The highest BCUT2D eigenvalue weighted by Crippen LogP contribution is 2.42. The topological polar surface area (TPSA) is 41.1 Å². The third kappa shape index (κ3) is 3.77. The molecule has 0 bridgehead atoms. The molecule has 2 aliphatic heterocycles. The fourth-order valence-corrected chi connectivity index (χ4v) is 6.70. The van der Waals surface area contributed by atoms with Gasteiger partial charge in [-0.05, 0) is 86.6 Å². The fraction of sp³-hybridized carbons (Fsp3) is 0.0256. The van der Waals surface area contributed by atoms with Crippen LogP contribution in [0, 0.1) is 0 Å². The van der Waals surface area contributed by atoms with Gasteiger partial charge < -0.3 is 10.2 Å². The number of hydrogen-bond donors (Lipinski definition) is 1. The molecule has 4 nitrogen and oxygen atoms in total. The lowest BCUT2D eigenvalue weighted by molar-refractivity contribution is 0.908. The molecule has 1 atom stereocenters. The molecule has 2 aliphatic rings. The highest BCUT2D eigenvalue weighted by Gasteiger charge is 2.26. The Labute approximate surface area is 249 Å². The molecule has 4 heterocycles. The standard InChI is InChI=1S/C39H26N4/c1-2-9-32-30(27-16-19-36-35(24-27)42-37-11-3-4-22-43(36)37)18-17-29(31(32)8-1)25-12-14-26(15-13-25)34-23-28-7-5-20-40-38(28)39-33(34)10-6-21-41-39/h1-24,37,42H. The van der Waals surface area contributed by atoms with Crippen molar-refractivity contribution in [3.05, 3.63) is 146 Å². The van der Waals surface area contributed by atoms with Crippen molar-refractivity contribution in [1.29, 1.82) is 0 Å². The SMILES string of the molecule is C1=CC2Nc3cc(-c4ccc(-c5ccc(-c6cc7cccnc7c7ncccc67)cc5)c5ccccc45)ccc3N2C=C1. The second kappa shape index (κ2) is 9.40. The van der Waals surface area contributed by atoms with Crippen molar-refractivity contribution in [2.75, 3.05) is 10.2 Å². The first-order valence-electron chi connectivity index (χ1n) is 14.6. The summed E-state index contributed by atoms with van der Waals surface area (Å²) in [6.45, 7) is 0. The summed E-state index contributed by atoms with van der Waals surface area (Å²) in [5.74, 6) is 0. The minimum absolute atomic E-state index is 0.179. The summed E-state index contributed by atoms with van der Waals surface area (Å²) in [5.41, 5.74) is 11.5. The first kappa shape index (κ1) is 23.9. The number of allylic oxidation sites excluding steroid dienone is 2. The predicted molar refractivity (Wildman–Crippen MR) is 179 cm³/mol. The third-order valence-electron chi connectivity index (χ3n) is 8.73. The first-order valence-corrected chi connectivity index (χ1v) is 14.6. The average Bonchev–Trinajstić information content (AvgIpc) is 3.45. The van der Waals surface area contributed by atoms with Crippen molar-refractivity contribution in [3.63, 3.8) is 0 Å². The van der Waals surface area contributed by atoms with E-state index in [1.54, 1.807) is 0 Å². The van der Waals surface area contributed by atoms with Gasteiger partial charge in [0.2, 0.25) is 0 Å². The summed E-state index contributed by atoms with van der Waals surface area (Å²) in [6.07, 6.45) is 12.4. The van der Waals surface area contributed by atoms with E-state index in [2.05, 4.69) is 137 Å². The first-order chi connectivity index (χ1) is 21.3. The second-order valence-electron chi connectivity index (χ2n) is 11.1.